The molecule has 0 aromatic heterocycles. The van der Waals surface area contributed by atoms with E-state index in [2.05, 4.69) is 11.4 Å². The monoisotopic (exact) mass is 213 g/mol. The molecule has 0 rings (SSSR count). The van der Waals surface area contributed by atoms with Crippen molar-refractivity contribution in [3.8, 4) is 6.07 Å². The van der Waals surface area contributed by atoms with Crippen LogP contribution in [-0.4, -0.2) is 48.7 Å². The van der Waals surface area contributed by atoms with Gasteiger partial charge in [0.2, 0.25) is 5.91 Å². The van der Waals surface area contributed by atoms with E-state index in [1.54, 1.807) is 0 Å². The van der Waals surface area contributed by atoms with E-state index >= 15 is 0 Å². The zero-order valence-electron chi connectivity index (χ0n) is 9.36. The minimum atomic E-state index is -0.115. The Morgan fingerprint density at radius 1 is 1.67 bits per heavy atom. The average Bonchev–Trinajstić information content (AvgIpc) is 2.25. The fourth-order valence-electron chi connectivity index (χ4n) is 1.19. The molecule has 0 aromatic carbocycles. The molecule has 0 fully saturated rings. The van der Waals surface area contributed by atoms with E-state index in [0.717, 1.165) is 6.54 Å². The summed E-state index contributed by atoms with van der Waals surface area (Å²) in [5, 5.41) is 19.7. The van der Waals surface area contributed by atoms with Crippen LogP contribution in [0, 0.1) is 17.2 Å². The van der Waals surface area contributed by atoms with Crippen molar-refractivity contribution in [2.45, 2.75) is 13.8 Å². The van der Waals surface area contributed by atoms with Gasteiger partial charge in [0, 0.05) is 13.1 Å². The predicted octanol–water partition coefficient (Wildman–Crippen LogP) is -0.424. The second-order valence-corrected chi connectivity index (χ2v) is 3.43. The van der Waals surface area contributed by atoms with Crippen LogP contribution in [0.1, 0.15) is 13.8 Å². The van der Waals surface area contributed by atoms with Gasteiger partial charge in [-0.25, -0.2) is 0 Å². The van der Waals surface area contributed by atoms with Crippen molar-refractivity contribution in [2.24, 2.45) is 5.92 Å². The van der Waals surface area contributed by atoms with Crippen molar-refractivity contribution in [2.75, 3.05) is 32.8 Å². The van der Waals surface area contributed by atoms with Crippen molar-refractivity contribution < 1.29 is 9.90 Å². The summed E-state index contributed by atoms with van der Waals surface area (Å²) < 4.78 is 0. The fourth-order valence-corrected chi connectivity index (χ4v) is 1.19. The number of nitrogens with zero attached hydrogens (tertiary/aromatic N) is 2. The molecule has 0 aromatic rings. The molecule has 2 N–H and O–H groups in total. The Balaban J connectivity index is 3.88. The highest BCUT2D eigenvalue weighted by atomic mass is 16.3. The third-order valence-electron chi connectivity index (χ3n) is 2.00. The fraction of sp³-hybridized carbons (Fsp3) is 0.800. The summed E-state index contributed by atoms with van der Waals surface area (Å²) in [4.78, 5) is 13.2. The average molecular weight is 213 g/mol. The summed E-state index contributed by atoms with van der Waals surface area (Å²) in [6, 6.07) is 2.13. The van der Waals surface area contributed by atoms with Crippen molar-refractivity contribution in [1.29, 1.82) is 5.26 Å². The lowest BCUT2D eigenvalue weighted by atomic mass is 10.2. The normalized spacial score (nSPS) is 12.2. The number of hydrogen-bond acceptors (Lipinski definition) is 4. The molecule has 0 bridgehead atoms. The van der Waals surface area contributed by atoms with Crippen LogP contribution in [0.5, 0.6) is 0 Å². The van der Waals surface area contributed by atoms with Gasteiger partial charge >= 0.3 is 0 Å². The van der Waals surface area contributed by atoms with E-state index in [9.17, 15) is 4.79 Å². The van der Waals surface area contributed by atoms with Crippen molar-refractivity contribution in [3.63, 3.8) is 0 Å². The first kappa shape index (κ1) is 13.9. The number of rotatable bonds is 7. The third kappa shape index (κ3) is 6.89. The number of nitrogens with one attached hydrogen (secondary N) is 1. The van der Waals surface area contributed by atoms with Crippen molar-refractivity contribution >= 4 is 5.91 Å². The maximum absolute atomic E-state index is 11.3. The van der Waals surface area contributed by atoms with Gasteiger partial charge in [0.05, 0.1) is 25.1 Å². The number of aliphatic hydroxyl groups is 1. The van der Waals surface area contributed by atoms with Crippen LogP contribution in [0.3, 0.4) is 0 Å². The smallest absolute Gasteiger partial charge is 0.234 e. The highest BCUT2D eigenvalue weighted by Crippen LogP contribution is 1.97. The minimum Gasteiger partial charge on any atom is -0.395 e. The Hall–Kier alpha value is -1.12. The van der Waals surface area contributed by atoms with Gasteiger partial charge in [-0.15, -0.1) is 0 Å². The molecule has 0 saturated heterocycles. The summed E-state index contributed by atoms with van der Waals surface area (Å²) in [6.07, 6.45) is 0. The van der Waals surface area contributed by atoms with Gasteiger partial charge in [0.25, 0.3) is 0 Å². The zero-order chi connectivity index (χ0) is 11.7. The number of carbonyl (C=O) groups is 1. The zero-order valence-corrected chi connectivity index (χ0v) is 9.36. The summed E-state index contributed by atoms with van der Waals surface area (Å²) in [7, 11) is 0. The highest BCUT2D eigenvalue weighted by Gasteiger charge is 2.11. The lowest BCUT2D eigenvalue weighted by Gasteiger charge is -2.20. The highest BCUT2D eigenvalue weighted by molar-refractivity contribution is 5.77. The molecule has 0 aliphatic heterocycles. The van der Waals surface area contributed by atoms with Gasteiger partial charge in [-0.05, 0) is 13.5 Å². The van der Waals surface area contributed by atoms with Crippen LogP contribution in [-0.2, 0) is 4.79 Å². The molecule has 0 aliphatic rings. The summed E-state index contributed by atoms with van der Waals surface area (Å²) >= 11 is 0. The molecule has 86 valence electrons. The maximum Gasteiger partial charge on any atom is 0.234 e. The molecule has 1 amide bonds. The lowest BCUT2D eigenvalue weighted by molar-refractivity contribution is -0.122. The second kappa shape index (κ2) is 8.21. The Labute approximate surface area is 90.7 Å². The lowest BCUT2D eigenvalue weighted by Crippen LogP contribution is -2.39. The molecular weight excluding hydrogens is 194 g/mol. The number of aliphatic hydroxyl groups excluding tert-OH is 1. The molecule has 1 unspecified atom stereocenters. The van der Waals surface area contributed by atoms with Crippen LogP contribution in [0.15, 0.2) is 0 Å². The van der Waals surface area contributed by atoms with Crippen molar-refractivity contribution in [3.05, 3.63) is 0 Å². The molecule has 5 nitrogen and oxygen atoms in total. The molecule has 1 atom stereocenters. The van der Waals surface area contributed by atoms with Gasteiger partial charge < -0.3 is 10.4 Å². The standard InChI is InChI=1S/C10H19N3O2/c1-3-13(7-9(2)6-11)8-10(15)12-4-5-14/h9,14H,3-5,7-8H2,1-2H3,(H,12,15). The molecule has 0 radical (unpaired) electrons. The summed E-state index contributed by atoms with van der Waals surface area (Å²) in [6.45, 7) is 5.62. The minimum absolute atomic E-state index is 0.0491. The van der Waals surface area contributed by atoms with Crippen LogP contribution in [0.25, 0.3) is 0 Å². The molecule has 15 heavy (non-hydrogen) atoms. The Bertz CT molecular complexity index is 225. The van der Waals surface area contributed by atoms with Gasteiger partial charge in [0.15, 0.2) is 0 Å². The molecule has 0 heterocycles. The van der Waals surface area contributed by atoms with Crippen LogP contribution < -0.4 is 5.32 Å². The third-order valence-corrected chi connectivity index (χ3v) is 2.00. The number of likely N-dealkylation sites (N-methyl/N-ethyl adjacent to an activating group) is 1. The Morgan fingerprint density at radius 2 is 2.33 bits per heavy atom. The number of carbonyl (C=O) groups excluding carboxylic acids is 1. The van der Waals surface area contributed by atoms with Gasteiger partial charge in [-0.1, -0.05) is 6.92 Å². The first-order valence-corrected chi connectivity index (χ1v) is 5.13. The van der Waals surface area contributed by atoms with Gasteiger partial charge in [-0.3, -0.25) is 9.69 Å². The molecule has 0 aliphatic carbocycles. The van der Waals surface area contributed by atoms with Crippen LogP contribution >= 0.6 is 0 Å². The number of nitriles is 1. The Kier molecular flexibility index (Phi) is 7.60. The van der Waals surface area contributed by atoms with Crippen LogP contribution in [0.2, 0.25) is 0 Å². The Morgan fingerprint density at radius 3 is 2.80 bits per heavy atom. The maximum atomic E-state index is 11.3. The molecule has 0 spiro atoms. The van der Waals surface area contributed by atoms with E-state index < -0.39 is 0 Å². The van der Waals surface area contributed by atoms with Gasteiger partial charge in [-0.2, -0.15) is 5.26 Å². The summed E-state index contributed by atoms with van der Waals surface area (Å²) in [5.74, 6) is -0.188. The topological polar surface area (TPSA) is 76.4 Å². The van der Waals surface area contributed by atoms with Gasteiger partial charge in [0.1, 0.15) is 0 Å². The summed E-state index contributed by atoms with van der Waals surface area (Å²) in [5.41, 5.74) is 0. The SMILES string of the molecule is CCN(CC(=O)NCCO)CC(C)C#N. The largest absolute Gasteiger partial charge is 0.395 e. The number of amides is 1. The molecule has 5 heteroatoms. The van der Waals surface area contributed by atoms with E-state index in [4.69, 9.17) is 10.4 Å². The predicted molar refractivity (Wildman–Crippen MR) is 57.0 cm³/mol. The first-order valence-electron chi connectivity index (χ1n) is 5.13. The van der Waals surface area contributed by atoms with E-state index in [1.165, 1.54) is 0 Å². The second-order valence-electron chi connectivity index (χ2n) is 3.43. The van der Waals surface area contributed by atoms with Crippen LogP contribution in [0.4, 0.5) is 0 Å². The molecular formula is C10H19N3O2. The van der Waals surface area contributed by atoms with Crippen molar-refractivity contribution in [1.82, 2.24) is 10.2 Å². The van der Waals surface area contributed by atoms with E-state index in [0.29, 0.717) is 6.54 Å². The van der Waals surface area contributed by atoms with E-state index in [1.807, 2.05) is 18.7 Å². The molecule has 0 saturated carbocycles. The first-order chi connectivity index (χ1) is 7.13. The van der Waals surface area contributed by atoms with E-state index in [-0.39, 0.29) is 31.5 Å². The quantitative estimate of drug-likeness (QED) is 0.602. The number of hydrogen-bond donors (Lipinski definition) is 2.